The molecule has 1 saturated heterocycles. The Kier molecular flexibility index (Phi) is 5.69. The quantitative estimate of drug-likeness (QED) is 0.453. The summed E-state index contributed by atoms with van der Waals surface area (Å²) in [6, 6.07) is 31.1. The van der Waals surface area contributed by atoms with Crippen LogP contribution in [0.25, 0.3) is 11.1 Å². The predicted molar refractivity (Wildman–Crippen MR) is 126 cm³/mol. The van der Waals surface area contributed by atoms with Crippen LogP contribution in [-0.2, 0) is 13.0 Å². The van der Waals surface area contributed by atoms with Crippen molar-refractivity contribution in [1.29, 1.82) is 5.26 Å². The maximum Gasteiger partial charge on any atom is 0.0998 e. The minimum absolute atomic E-state index is 0.574. The summed E-state index contributed by atoms with van der Waals surface area (Å²) in [4.78, 5) is 2.73. The normalized spacial score (nSPS) is 20.7. The van der Waals surface area contributed by atoms with Crippen molar-refractivity contribution in [3.8, 4) is 17.2 Å². The summed E-state index contributed by atoms with van der Waals surface area (Å²) in [7, 11) is 0. The van der Waals surface area contributed by atoms with Crippen molar-refractivity contribution < 1.29 is 0 Å². The third kappa shape index (κ3) is 4.33. The van der Waals surface area contributed by atoms with Gasteiger partial charge in [-0.25, -0.2) is 0 Å². The molecule has 2 aliphatic rings. The Bertz CT molecular complexity index is 1110. The highest BCUT2D eigenvalue weighted by Gasteiger charge is 2.33. The molecular weight excluding hydrogens is 376 g/mol. The summed E-state index contributed by atoms with van der Waals surface area (Å²) in [5.74, 6) is 0. The highest BCUT2D eigenvalue weighted by molar-refractivity contribution is 5.70. The minimum Gasteiger partial charge on any atom is -0.289 e. The molecule has 2 nitrogen and oxygen atoms in total. The third-order valence-corrected chi connectivity index (χ3v) is 6.81. The van der Waals surface area contributed by atoms with E-state index in [-0.39, 0.29) is 0 Å². The predicted octanol–water partition coefficient (Wildman–Crippen LogP) is 6.52. The molecule has 0 amide bonds. The Balaban J connectivity index is 1.31. The van der Waals surface area contributed by atoms with E-state index in [9.17, 15) is 5.26 Å². The van der Waals surface area contributed by atoms with Crippen molar-refractivity contribution in [2.75, 3.05) is 0 Å². The van der Waals surface area contributed by atoms with E-state index in [1.165, 1.54) is 36.8 Å². The molecule has 5 rings (SSSR count). The van der Waals surface area contributed by atoms with Crippen LogP contribution in [0.1, 0.15) is 42.4 Å². The molecule has 0 aliphatic carbocycles. The smallest absolute Gasteiger partial charge is 0.0998 e. The summed E-state index contributed by atoms with van der Waals surface area (Å²) in [6.45, 7) is 1.06. The molecule has 0 N–H and O–H groups in total. The summed E-state index contributed by atoms with van der Waals surface area (Å²) in [5.41, 5.74) is 7.23. The first-order valence-corrected chi connectivity index (χ1v) is 11.4. The zero-order valence-corrected chi connectivity index (χ0v) is 17.9. The molecule has 0 radical (unpaired) electrons. The molecular formula is C29H28N2. The van der Waals surface area contributed by atoms with Crippen LogP contribution in [0.15, 0.2) is 90.5 Å². The lowest BCUT2D eigenvalue weighted by Gasteiger charge is -2.45. The molecule has 3 aromatic rings. The lowest BCUT2D eigenvalue weighted by Crippen LogP contribution is -2.48. The lowest BCUT2D eigenvalue weighted by molar-refractivity contribution is 0.0880. The highest BCUT2D eigenvalue weighted by Crippen LogP contribution is 2.35. The zero-order valence-electron chi connectivity index (χ0n) is 17.9. The Morgan fingerprint density at radius 3 is 2.39 bits per heavy atom. The molecule has 0 spiro atoms. The summed E-state index contributed by atoms with van der Waals surface area (Å²) >= 11 is 0. The van der Waals surface area contributed by atoms with Crippen molar-refractivity contribution in [1.82, 2.24) is 4.90 Å². The summed E-state index contributed by atoms with van der Waals surface area (Å²) < 4.78 is 0. The van der Waals surface area contributed by atoms with Crippen molar-refractivity contribution >= 4 is 0 Å². The Morgan fingerprint density at radius 2 is 1.61 bits per heavy atom. The molecule has 154 valence electrons. The molecule has 2 bridgehead atoms. The van der Waals surface area contributed by atoms with E-state index in [0.29, 0.717) is 12.1 Å². The first-order valence-electron chi connectivity index (χ1n) is 11.4. The van der Waals surface area contributed by atoms with Gasteiger partial charge in [-0.2, -0.15) is 5.26 Å². The number of piperidine rings is 1. The van der Waals surface area contributed by atoms with Gasteiger partial charge < -0.3 is 0 Å². The number of nitrogens with zero attached hydrogens (tertiary/aromatic N) is 2. The van der Waals surface area contributed by atoms with Gasteiger partial charge in [-0.05, 0) is 54.0 Å². The van der Waals surface area contributed by atoms with E-state index in [1.54, 1.807) is 5.57 Å². The molecule has 2 atom stereocenters. The third-order valence-electron chi connectivity index (χ3n) is 6.81. The van der Waals surface area contributed by atoms with Crippen LogP contribution in [0, 0.1) is 11.3 Å². The number of hydrogen-bond donors (Lipinski definition) is 0. The van der Waals surface area contributed by atoms with Gasteiger partial charge in [-0.1, -0.05) is 90.9 Å². The van der Waals surface area contributed by atoms with Gasteiger partial charge in [0.2, 0.25) is 0 Å². The second-order valence-corrected chi connectivity index (χ2v) is 8.87. The number of nitriles is 1. The fraction of sp³-hybridized carbons (Fsp3) is 0.276. The molecule has 0 saturated carbocycles. The maximum absolute atomic E-state index is 9.38. The second-order valence-electron chi connectivity index (χ2n) is 8.87. The zero-order chi connectivity index (χ0) is 21.0. The summed E-state index contributed by atoms with van der Waals surface area (Å²) in [5, 5.41) is 9.38. The lowest BCUT2D eigenvalue weighted by atomic mass is 9.82. The fourth-order valence-electron chi connectivity index (χ4n) is 5.27. The van der Waals surface area contributed by atoms with Gasteiger partial charge in [0.1, 0.15) is 0 Å². The van der Waals surface area contributed by atoms with Crippen LogP contribution in [0.4, 0.5) is 0 Å². The summed E-state index contributed by atoms with van der Waals surface area (Å²) in [6.07, 6.45) is 8.70. The van der Waals surface area contributed by atoms with Gasteiger partial charge in [0.25, 0.3) is 0 Å². The molecule has 2 heterocycles. The molecule has 1 fully saturated rings. The van der Waals surface area contributed by atoms with Gasteiger partial charge in [-0.3, -0.25) is 4.90 Å². The first-order chi connectivity index (χ1) is 15.3. The Hall–Kier alpha value is -3.15. The monoisotopic (exact) mass is 404 g/mol. The van der Waals surface area contributed by atoms with Gasteiger partial charge in [0.15, 0.2) is 0 Å². The Morgan fingerprint density at radius 1 is 0.839 bits per heavy atom. The largest absolute Gasteiger partial charge is 0.289 e. The number of rotatable bonds is 5. The van der Waals surface area contributed by atoms with E-state index in [4.69, 9.17) is 0 Å². The van der Waals surface area contributed by atoms with Crippen molar-refractivity contribution in [2.24, 2.45) is 0 Å². The van der Waals surface area contributed by atoms with Crippen LogP contribution in [-0.4, -0.2) is 17.0 Å². The maximum atomic E-state index is 9.38. The van der Waals surface area contributed by atoms with Crippen LogP contribution in [0.5, 0.6) is 0 Å². The highest BCUT2D eigenvalue weighted by atomic mass is 15.2. The Labute approximate surface area is 185 Å². The SMILES string of the molecule is N#Cc1ccccc1-c1ccc(CC2=CC3CCCC(C2)N3Cc2ccccc2)cc1. The standard InChI is InChI=1S/C29H28N2/c30-20-26-9-4-5-12-29(26)25-15-13-22(14-16-25)17-24-18-27-10-6-11-28(19-24)31(27)21-23-7-2-1-3-8-23/h1-5,7-9,12-16,18,27-28H,6,10-11,17,19,21H2. The molecule has 0 aromatic heterocycles. The van der Waals surface area contributed by atoms with Crippen LogP contribution in [0.2, 0.25) is 0 Å². The average Bonchev–Trinajstić information content (AvgIpc) is 2.81. The molecule has 31 heavy (non-hydrogen) atoms. The average molecular weight is 405 g/mol. The fourth-order valence-corrected chi connectivity index (χ4v) is 5.27. The molecule has 2 aliphatic heterocycles. The number of hydrogen-bond acceptors (Lipinski definition) is 2. The van der Waals surface area contributed by atoms with Crippen LogP contribution < -0.4 is 0 Å². The van der Waals surface area contributed by atoms with Crippen molar-refractivity contribution in [2.45, 2.75) is 50.7 Å². The van der Waals surface area contributed by atoms with Gasteiger partial charge in [0.05, 0.1) is 11.6 Å². The minimum atomic E-state index is 0.574. The van der Waals surface area contributed by atoms with E-state index in [2.05, 4.69) is 71.6 Å². The van der Waals surface area contributed by atoms with Crippen LogP contribution >= 0.6 is 0 Å². The number of benzene rings is 3. The van der Waals surface area contributed by atoms with Crippen LogP contribution in [0.3, 0.4) is 0 Å². The first kappa shape index (κ1) is 19.8. The number of fused-ring (bicyclic) bond motifs is 2. The van der Waals surface area contributed by atoms with Crippen molar-refractivity contribution in [3.05, 3.63) is 107 Å². The van der Waals surface area contributed by atoms with Gasteiger partial charge in [0, 0.05) is 18.6 Å². The second kappa shape index (κ2) is 8.92. The van der Waals surface area contributed by atoms with E-state index < -0.39 is 0 Å². The van der Waals surface area contributed by atoms with E-state index in [1.807, 2.05) is 24.3 Å². The molecule has 2 heteroatoms. The topological polar surface area (TPSA) is 27.0 Å². The van der Waals surface area contributed by atoms with Crippen molar-refractivity contribution in [3.63, 3.8) is 0 Å². The van der Waals surface area contributed by atoms with E-state index in [0.717, 1.165) is 29.7 Å². The van der Waals surface area contributed by atoms with Gasteiger partial charge in [-0.15, -0.1) is 0 Å². The molecule has 3 aromatic carbocycles. The van der Waals surface area contributed by atoms with E-state index >= 15 is 0 Å². The van der Waals surface area contributed by atoms with Gasteiger partial charge >= 0.3 is 0 Å². The molecule has 2 unspecified atom stereocenters.